The van der Waals surface area contributed by atoms with Crippen LogP contribution in [0.15, 0.2) is 24.3 Å². The summed E-state index contributed by atoms with van der Waals surface area (Å²) in [6.07, 6.45) is 2.00. The van der Waals surface area contributed by atoms with Gasteiger partial charge in [-0.1, -0.05) is 18.2 Å². The number of hydrogen-bond donors (Lipinski definition) is 2. The van der Waals surface area contributed by atoms with Gasteiger partial charge in [-0.25, -0.2) is 0 Å². The average molecular weight is 288 g/mol. The van der Waals surface area contributed by atoms with E-state index >= 15 is 0 Å². The van der Waals surface area contributed by atoms with Crippen molar-refractivity contribution in [2.24, 2.45) is 5.92 Å². The molecule has 2 atom stereocenters. The number of piperidine rings is 1. The normalized spacial score (nSPS) is 24.7. The van der Waals surface area contributed by atoms with Crippen molar-refractivity contribution in [3.8, 4) is 0 Å². The van der Waals surface area contributed by atoms with Crippen LogP contribution >= 0.6 is 0 Å². The molecule has 1 aromatic carbocycles. The number of rotatable bonds is 3. The van der Waals surface area contributed by atoms with E-state index in [4.69, 9.17) is 5.11 Å². The number of carbonyl (C=O) groups is 2. The van der Waals surface area contributed by atoms with Crippen LogP contribution in [0.1, 0.15) is 30.7 Å². The first-order valence-electron chi connectivity index (χ1n) is 7.49. The molecule has 0 bridgehead atoms. The van der Waals surface area contributed by atoms with Gasteiger partial charge >= 0.3 is 5.97 Å². The molecule has 3 rings (SSSR count). The van der Waals surface area contributed by atoms with Gasteiger partial charge in [-0.3, -0.25) is 9.59 Å². The van der Waals surface area contributed by atoms with E-state index in [0.29, 0.717) is 6.54 Å². The third-order valence-corrected chi connectivity index (χ3v) is 4.40. The smallest absolute Gasteiger partial charge is 0.304 e. The maximum Gasteiger partial charge on any atom is 0.304 e. The summed E-state index contributed by atoms with van der Waals surface area (Å²) in [6.45, 7) is 2.18. The molecule has 5 nitrogen and oxygen atoms in total. The fourth-order valence-electron chi connectivity index (χ4n) is 3.37. The molecule has 2 heterocycles. The Hall–Kier alpha value is -1.88. The zero-order valence-corrected chi connectivity index (χ0v) is 11.9. The zero-order chi connectivity index (χ0) is 14.8. The number of carbonyl (C=O) groups excluding carboxylic acids is 1. The Morgan fingerprint density at radius 1 is 1.33 bits per heavy atom. The molecule has 2 aliphatic heterocycles. The quantitative estimate of drug-likeness (QED) is 0.886. The number of nitrogens with zero attached hydrogens (tertiary/aromatic N) is 1. The number of benzene rings is 1. The molecule has 1 amide bonds. The molecule has 0 spiro atoms. The molecule has 5 heteroatoms. The van der Waals surface area contributed by atoms with Gasteiger partial charge in [-0.2, -0.15) is 0 Å². The summed E-state index contributed by atoms with van der Waals surface area (Å²) in [5.74, 6) is -0.777. The van der Waals surface area contributed by atoms with Gasteiger partial charge in [-0.15, -0.1) is 0 Å². The molecule has 21 heavy (non-hydrogen) atoms. The van der Waals surface area contributed by atoms with Crippen LogP contribution in [0.2, 0.25) is 0 Å². The van der Waals surface area contributed by atoms with Gasteiger partial charge < -0.3 is 15.3 Å². The lowest BCUT2D eigenvalue weighted by Gasteiger charge is -2.27. The first kappa shape index (κ1) is 14.1. The van der Waals surface area contributed by atoms with Crippen molar-refractivity contribution >= 4 is 17.6 Å². The number of aliphatic carboxylic acids is 1. The number of para-hydroxylation sites is 1. The largest absolute Gasteiger partial charge is 0.481 e. The summed E-state index contributed by atoms with van der Waals surface area (Å²) in [4.78, 5) is 25.6. The van der Waals surface area contributed by atoms with Gasteiger partial charge in [0.2, 0.25) is 5.91 Å². The highest BCUT2D eigenvalue weighted by atomic mass is 16.4. The van der Waals surface area contributed by atoms with Gasteiger partial charge in [0.1, 0.15) is 0 Å². The lowest BCUT2D eigenvalue weighted by Crippen LogP contribution is -2.42. The van der Waals surface area contributed by atoms with Crippen LogP contribution in [-0.2, 0) is 9.59 Å². The standard InChI is InChI=1S/C16H20N2O3/c19-15(20)8-12-10-18(14-6-2-1-5-13(12)14)16(21)11-4-3-7-17-9-11/h1-2,5-6,11-12,17H,3-4,7-10H2,(H,19,20)/t11-,12?/m0/s1. The summed E-state index contributed by atoms with van der Waals surface area (Å²) in [5, 5.41) is 12.3. The van der Waals surface area contributed by atoms with E-state index in [1.807, 2.05) is 24.3 Å². The van der Waals surface area contributed by atoms with Crippen molar-refractivity contribution < 1.29 is 14.7 Å². The summed E-state index contributed by atoms with van der Waals surface area (Å²) < 4.78 is 0. The third-order valence-electron chi connectivity index (χ3n) is 4.40. The predicted octanol–water partition coefficient (Wildman–Crippen LogP) is 1.59. The number of amides is 1. The van der Waals surface area contributed by atoms with E-state index in [2.05, 4.69) is 5.32 Å². The van der Waals surface area contributed by atoms with Crippen molar-refractivity contribution in [2.75, 3.05) is 24.5 Å². The van der Waals surface area contributed by atoms with Crippen molar-refractivity contribution in [1.82, 2.24) is 5.32 Å². The fourth-order valence-corrected chi connectivity index (χ4v) is 3.37. The second-order valence-corrected chi connectivity index (χ2v) is 5.85. The van der Waals surface area contributed by atoms with Crippen molar-refractivity contribution in [3.63, 3.8) is 0 Å². The highest BCUT2D eigenvalue weighted by molar-refractivity contribution is 5.97. The SMILES string of the molecule is O=C(O)CC1CN(C(=O)[C@H]2CCCNC2)c2ccccc21. The van der Waals surface area contributed by atoms with Crippen LogP contribution in [0, 0.1) is 5.92 Å². The number of anilines is 1. The van der Waals surface area contributed by atoms with Crippen LogP contribution in [0.5, 0.6) is 0 Å². The van der Waals surface area contributed by atoms with Gasteiger partial charge in [-0.05, 0) is 31.0 Å². The van der Waals surface area contributed by atoms with Gasteiger partial charge in [0.05, 0.1) is 12.3 Å². The maximum absolute atomic E-state index is 12.7. The topological polar surface area (TPSA) is 69.6 Å². The lowest BCUT2D eigenvalue weighted by molar-refractivity contribution is -0.137. The summed E-state index contributed by atoms with van der Waals surface area (Å²) in [5.41, 5.74) is 1.87. The van der Waals surface area contributed by atoms with Crippen LogP contribution in [-0.4, -0.2) is 36.6 Å². The number of nitrogens with one attached hydrogen (secondary N) is 1. The van der Waals surface area contributed by atoms with Crippen LogP contribution in [0.25, 0.3) is 0 Å². The van der Waals surface area contributed by atoms with E-state index < -0.39 is 5.97 Å². The van der Waals surface area contributed by atoms with Crippen molar-refractivity contribution in [2.45, 2.75) is 25.2 Å². The minimum absolute atomic E-state index is 0.00961. The molecule has 1 aromatic rings. The Labute approximate surface area is 123 Å². The van der Waals surface area contributed by atoms with Crippen molar-refractivity contribution in [1.29, 1.82) is 0 Å². The molecule has 1 fully saturated rings. The second kappa shape index (κ2) is 5.85. The molecule has 112 valence electrons. The van der Waals surface area contributed by atoms with E-state index in [9.17, 15) is 9.59 Å². The molecule has 2 aliphatic rings. The second-order valence-electron chi connectivity index (χ2n) is 5.85. The van der Waals surface area contributed by atoms with Gasteiger partial charge in [0, 0.05) is 24.7 Å². The number of carboxylic acid groups (broad SMARTS) is 1. The predicted molar refractivity (Wildman–Crippen MR) is 79.4 cm³/mol. The van der Waals surface area contributed by atoms with E-state index in [1.54, 1.807) is 4.90 Å². The molecule has 0 aliphatic carbocycles. The Balaban J connectivity index is 1.83. The molecular formula is C16H20N2O3. The molecule has 2 N–H and O–H groups in total. The Morgan fingerprint density at radius 3 is 2.86 bits per heavy atom. The van der Waals surface area contributed by atoms with E-state index in [1.165, 1.54) is 0 Å². The minimum Gasteiger partial charge on any atom is -0.481 e. The average Bonchev–Trinajstić information content (AvgIpc) is 2.86. The molecule has 1 saturated heterocycles. The van der Waals surface area contributed by atoms with Crippen LogP contribution in [0.4, 0.5) is 5.69 Å². The maximum atomic E-state index is 12.7. The lowest BCUT2D eigenvalue weighted by atomic mass is 9.98. The molecule has 1 unspecified atom stereocenters. The Bertz CT molecular complexity index is 552. The molecule has 0 radical (unpaired) electrons. The minimum atomic E-state index is -0.816. The molecular weight excluding hydrogens is 268 g/mol. The summed E-state index contributed by atoms with van der Waals surface area (Å²) >= 11 is 0. The summed E-state index contributed by atoms with van der Waals surface area (Å²) in [6, 6.07) is 7.67. The molecule has 0 saturated carbocycles. The van der Waals surface area contributed by atoms with E-state index in [0.717, 1.165) is 37.2 Å². The first-order valence-corrected chi connectivity index (χ1v) is 7.49. The highest BCUT2D eigenvalue weighted by Crippen LogP contribution is 2.39. The number of hydrogen-bond acceptors (Lipinski definition) is 3. The Kier molecular flexibility index (Phi) is 3.92. The summed E-state index contributed by atoms with van der Waals surface area (Å²) in [7, 11) is 0. The number of fused-ring (bicyclic) bond motifs is 1. The highest BCUT2D eigenvalue weighted by Gasteiger charge is 2.36. The van der Waals surface area contributed by atoms with Crippen molar-refractivity contribution in [3.05, 3.63) is 29.8 Å². The van der Waals surface area contributed by atoms with Gasteiger partial charge in [0.15, 0.2) is 0 Å². The Morgan fingerprint density at radius 2 is 2.14 bits per heavy atom. The number of carboxylic acids is 1. The fraction of sp³-hybridized carbons (Fsp3) is 0.500. The van der Waals surface area contributed by atoms with E-state index in [-0.39, 0.29) is 24.2 Å². The first-order chi connectivity index (χ1) is 10.2. The monoisotopic (exact) mass is 288 g/mol. The van der Waals surface area contributed by atoms with Gasteiger partial charge in [0.25, 0.3) is 0 Å². The third kappa shape index (κ3) is 2.78. The molecule has 0 aromatic heterocycles. The zero-order valence-electron chi connectivity index (χ0n) is 11.9. The van der Waals surface area contributed by atoms with Crippen LogP contribution < -0.4 is 10.2 Å². The van der Waals surface area contributed by atoms with Crippen LogP contribution in [0.3, 0.4) is 0 Å².